The molecule has 0 saturated carbocycles. The van der Waals surface area contributed by atoms with Gasteiger partial charge in [-0.05, 0) is 43.2 Å². The molecule has 0 radical (unpaired) electrons. The Morgan fingerprint density at radius 3 is 2.85 bits per heavy atom. The molecule has 0 spiro atoms. The van der Waals surface area contributed by atoms with Crippen LogP contribution in [0.4, 0.5) is 5.69 Å². The smallest absolute Gasteiger partial charge is 0.224 e. The van der Waals surface area contributed by atoms with Gasteiger partial charge in [-0.15, -0.1) is 0 Å². The summed E-state index contributed by atoms with van der Waals surface area (Å²) in [5.41, 5.74) is 4.63. The van der Waals surface area contributed by atoms with Gasteiger partial charge in [0.15, 0.2) is 0 Å². The zero-order valence-electron chi connectivity index (χ0n) is 14.3. The van der Waals surface area contributed by atoms with Crippen molar-refractivity contribution < 1.29 is 4.79 Å². The number of hydrogen-bond donors (Lipinski definition) is 2. The molecule has 4 rings (SSSR count). The minimum atomic E-state index is -0.0452. The molecule has 0 fully saturated rings. The molecule has 0 bridgehead atoms. The first-order valence-electron chi connectivity index (χ1n) is 8.52. The van der Waals surface area contributed by atoms with Gasteiger partial charge in [-0.25, -0.2) is 0 Å². The van der Waals surface area contributed by atoms with Crippen molar-refractivity contribution >= 4 is 45.0 Å². The van der Waals surface area contributed by atoms with Gasteiger partial charge in [0.1, 0.15) is 0 Å². The fourth-order valence-electron chi connectivity index (χ4n) is 3.13. The second-order valence-corrected chi connectivity index (χ2v) is 6.76. The summed E-state index contributed by atoms with van der Waals surface area (Å²) >= 11 is 6.10. The average molecular weight is 364 g/mol. The van der Waals surface area contributed by atoms with Crippen LogP contribution in [0.1, 0.15) is 17.7 Å². The van der Waals surface area contributed by atoms with Gasteiger partial charge in [0.2, 0.25) is 5.91 Å². The Morgan fingerprint density at radius 2 is 1.96 bits per heavy atom. The van der Waals surface area contributed by atoms with E-state index in [1.54, 1.807) is 0 Å². The lowest BCUT2D eigenvalue weighted by molar-refractivity contribution is -0.116. The molecule has 130 valence electrons. The molecule has 1 amide bonds. The molecular weight excluding hydrogens is 346 g/mol. The molecule has 2 aromatic carbocycles. The maximum atomic E-state index is 12.3. The minimum Gasteiger partial charge on any atom is -0.353 e. The summed E-state index contributed by atoms with van der Waals surface area (Å²) in [6, 6.07) is 15.7. The van der Waals surface area contributed by atoms with Crippen molar-refractivity contribution in [1.82, 2.24) is 9.97 Å². The SMILES string of the molecule is Cc1c(Cl)cccc1NC(=O)CCc1cc2c(cn1)[nH]c1ccccc12. The number of fused-ring (bicyclic) bond motifs is 3. The Bertz CT molecular complexity index is 1120. The number of halogens is 1. The molecule has 2 N–H and O–H groups in total. The fraction of sp³-hybridized carbons (Fsp3) is 0.143. The van der Waals surface area contributed by atoms with Crippen molar-refractivity contribution in [3.63, 3.8) is 0 Å². The Kier molecular flexibility index (Phi) is 4.35. The lowest BCUT2D eigenvalue weighted by Gasteiger charge is -2.09. The molecule has 0 unspecified atom stereocenters. The highest BCUT2D eigenvalue weighted by atomic mass is 35.5. The highest BCUT2D eigenvalue weighted by molar-refractivity contribution is 6.31. The average Bonchev–Trinajstić information content (AvgIpc) is 3.02. The van der Waals surface area contributed by atoms with Crippen LogP contribution in [0.25, 0.3) is 21.8 Å². The molecular formula is C21H18ClN3O. The highest BCUT2D eigenvalue weighted by Crippen LogP contribution is 2.26. The normalized spacial score (nSPS) is 11.2. The van der Waals surface area contributed by atoms with Crippen LogP contribution in [0.3, 0.4) is 0 Å². The zero-order valence-corrected chi connectivity index (χ0v) is 15.1. The van der Waals surface area contributed by atoms with Gasteiger partial charge in [-0.3, -0.25) is 9.78 Å². The third-order valence-corrected chi connectivity index (χ3v) is 5.01. The summed E-state index contributed by atoms with van der Waals surface area (Å²) < 4.78 is 0. The first-order chi connectivity index (χ1) is 12.6. The van der Waals surface area contributed by atoms with E-state index in [1.165, 1.54) is 5.39 Å². The van der Waals surface area contributed by atoms with Crippen LogP contribution in [0.15, 0.2) is 54.7 Å². The number of H-pyrrole nitrogens is 1. The molecule has 0 saturated heterocycles. The number of rotatable bonds is 4. The molecule has 2 heterocycles. The largest absolute Gasteiger partial charge is 0.353 e. The monoisotopic (exact) mass is 363 g/mol. The molecule has 0 aliphatic heterocycles. The quantitative estimate of drug-likeness (QED) is 0.520. The maximum absolute atomic E-state index is 12.3. The molecule has 0 atom stereocenters. The number of hydrogen-bond acceptors (Lipinski definition) is 2. The molecule has 0 aliphatic rings. The number of nitrogens with zero attached hydrogens (tertiary/aromatic N) is 1. The highest BCUT2D eigenvalue weighted by Gasteiger charge is 2.09. The number of nitrogens with one attached hydrogen (secondary N) is 2. The summed E-state index contributed by atoms with van der Waals surface area (Å²) in [4.78, 5) is 20.1. The summed E-state index contributed by atoms with van der Waals surface area (Å²) in [5.74, 6) is -0.0452. The van der Waals surface area contributed by atoms with E-state index in [-0.39, 0.29) is 5.91 Å². The van der Waals surface area contributed by atoms with E-state index < -0.39 is 0 Å². The van der Waals surface area contributed by atoms with E-state index in [0.29, 0.717) is 17.9 Å². The van der Waals surface area contributed by atoms with Gasteiger partial charge < -0.3 is 10.3 Å². The predicted octanol–water partition coefficient (Wildman–Crippen LogP) is 5.25. The number of benzene rings is 2. The number of carbonyl (C=O) groups is 1. The number of aromatic nitrogens is 2. The maximum Gasteiger partial charge on any atom is 0.224 e. The van der Waals surface area contributed by atoms with Gasteiger partial charge in [-0.1, -0.05) is 35.9 Å². The number of carbonyl (C=O) groups excluding carboxylic acids is 1. The van der Waals surface area contributed by atoms with Gasteiger partial charge >= 0.3 is 0 Å². The fourth-order valence-corrected chi connectivity index (χ4v) is 3.30. The van der Waals surface area contributed by atoms with Crippen molar-refractivity contribution in [1.29, 1.82) is 0 Å². The molecule has 4 aromatic rings. The van der Waals surface area contributed by atoms with E-state index in [4.69, 9.17) is 11.6 Å². The number of amides is 1. The van der Waals surface area contributed by atoms with Gasteiger partial charge in [0.25, 0.3) is 0 Å². The van der Waals surface area contributed by atoms with Crippen LogP contribution < -0.4 is 5.32 Å². The molecule has 2 aromatic heterocycles. The van der Waals surface area contributed by atoms with E-state index in [0.717, 1.165) is 33.4 Å². The van der Waals surface area contributed by atoms with E-state index in [9.17, 15) is 4.79 Å². The number of anilines is 1. The van der Waals surface area contributed by atoms with Gasteiger partial charge in [0.05, 0.1) is 11.7 Å². The van der Waals surface area contributed by atoms with Gasteiger partial charge in [0, 0.05) is 39.1 Å². The molecule has 0 aliphatic carbocycles. The van der Waals surface area contributed by atoms with Crippen LogP contribution in [0.2, 0.25) is 5.02 Å². The van der Waals surface area contributed by atoms with Crippen LogP contribution in [-0.2, 0) is 11.2 Å². The van der Waals surface area contributed by atoms with Crippen LogP contribution in [-0.4, -0.2) is 15.9 Å². The second kappa shape index (κ2) is 6.81. The predicted molar refractivity (Wildman–Crippen MR) is 107 cm³/mol. The number of pyridine rings is 1. The Hall–Kier alpha value is -2.85. The lowest BCUT2D eigenvalue weighted by Crippen LogP contribution is -2.13. The molecule has 4 nitrogen and oxygen atoms in total. The second-order valence-electron chi connectivity index (χ2n) is 6.35. The van der Waals surface area contributed by atoms with Crippen molar-refractivity contribution in [3.8, 4) is 0 Å². The van der Waals surface area contributed by atoms with Crippen molar-refractivity contribution in [3.05, 3.63) is 71.0 Å². The lowest BCUT2D eigenvalue weighted by atomic mass is 10.1. The molecule has 26 heavy (non-hydrogen) atoms. The topological polar surface area (TPSA) is 57.8 Å². The van der Waals surface area contributed by atoms with Crippen molar-refractivity contribution in [2.75, 3.05) is 5.32 Å². The third-order valence-electron chi connectivity index (χ3n) is 4.60. The first-order valence-corrected chi connectivity index (χ1v) is 8.90. The third kappa shape index (κ3) is 3.16. The zero-order chi connectivity index (χ0) is 18.1. The summed E-state index contributed by atoms with van der Waals surface area (Å²) in [6.07, 6.45) is 2.79. The van der Waals surface area contributed by atoms with E-state index >= 15 is 0 Å². The van der Waals surface area contributed by atoms with E-state index in [2.05, 4.69) is 33.5 Å². The van der Waals surface area contributed by atoms with Gasteiger partial charge in [-0.2, -0.15) is 0 Å². The van der Waals surface area contributed by atoms with Crippen LogP contribution in [0, 0.1) is 6.92 Å². The Labute approximate surface area is 156 Å². The van der Waals surface area contributed by atoms with Crippen LogP contribution in [0.5, 0.6) is 0 Å². The Morgan fingerprint density at radius 1 is 1.12 bits per heavy atom. The summed E-state index contributed by atoms with van der Waals surface area (Å²) in [6.45, 7) is 1.89. The standard InChI is InChI=1S/C21H18ClN3O/c1-13-17(22)6-4-8-18(13)25-21(26)10-9-14-11-16-15-5-2-3-7-19(15)24-20(16)12-23-14/h2-8,11-12,24H,9-10H2,1H3,(H,25,26). The summed E-state index contributed by atoms with van der Waals surface area (Å²) in [5, 5.41) is 5.88. The number of aryl methyl sites for hydroxylation is 1. The number of aromatic amines is 1. The number of para-hydroxylation sites is 1. The Balaban J connectivity index is 1.49. The van der Waals surface area contributed by atoms with Crippen LogP contribution >= 0.6 is 11.6 Å². The van der Waals surface area contributed by atoms with Crippen molar-refractivity contribution in [2.45, 2.75) is 19.8 Å². The minimum absolute atomic E-state index is 0.0452. The molecule has 5 heteroatoms. The first kappa shape index (κ1) is 16.6. The summed E-state index contributed by atoms with van der Waals surface area (Å²) in [7, 11) is 0. The van der Waals surface area contributed by atoms with Crippen molar-refractivity contribution in [2.24, 2.45) is 0 Å². The van der Waals surface area contributed by atoms with E-state index in [1.807, 2.05) is 43.5 Å².